The monoisotopic (exact) mass is 262 g/mol. The summed E-state index contributed by atoms with van der Waals surface area (Å²) in [5.74, 6) is -0.0106. The van der Waals surface area contributed by atoms with Crippen LogP contribution in [0.25, 0.3) is 0 Å². The molecule has 0 saturated carbocycles. The zero-order valence-electron chi connectivity index (χ0n) is 11.4. The summed E-state index contributed by atoms with van der Waals surface area (Å²) in [7, 11) is 0. The molecule has 19 heavy (non-hydrogen) atoms. The van der Waals surface area contributed by atoms with Gasteiger partial charge < -0.3 is 15.8 Å². The number of hydrogen-bond acceptors (Lipinski definition) is 3. The van der Waals surface area contributed by atoms with E-state index in [2.05, 4.69) is 30.4 Å². The van der Waals surface area contributed by atoms with E-state index in [1.165, 1.54) is 11.1 Å². The van der Waals surface area contributed by atoms with Gasteiger partial charge in [-0.05, 0) is 31.7 Å². The Bertz CT molecular complexity index is 434. The summed E-state index contributed by atoms with van der Waals surface area (Å²) in [4.78, 5) is 11.9. The molecule has 2 atom stereocenters. The third-order valence-electron chi connectivity index (χ3n) is 3.46. The van der Waals surface area contributed by atoms with Crippen LogP contribution in [0, 0.1) is 6.92 Å². The van der Waals surface area contributed by atoms with Crippen LogP contribution in [-0.4, -0.2) is 31.2 Å². The number of hydrogen-bond donors (Lipinski definition) is 2. The second-order valence-electron chi connectivity index (χ2n) is 5.09. The van der Waals surface area contributed by atoms with E-state index in [-0.39, 0.29) is 18.1 Å². The van der Waals surface area contributed by atoms with Crippen molar-refractivity contribution in [3.05, 3.63) is 35.4 Å². The zero-order valence-corrected chi connectivity index (χ0v) is 11.4. The van der Waals surface area contributed by atoms with E-state index in [1.807, 2.05) is 6.07 Å². The number of amides is 1. The number of nitrogens with two attached hydrogens (primary N) is 1. The van der Waals surface area contributed by atoms with Crippen molar-refractivity contribution in [1.29, 1.82) is 0 Å². The molecule has 1 saturated heterocycles. The molecule has 3 N–H and O–H groups in total. The van der Waals surface area contributed by atoms with Gasteiger partial charge in [-0.1, -0.05) is 29.8 Å². The minimum absolute atomic E-state index is 0.0106. The van der Waals surface area contributed by atoms with Gasteiger partial charge >= 0.3 is 0 Å². The summed E-state index contributed by atoms with van der Waals surface area (Å²) in [6, 6.07) is 8.33. The van der Waals surface area contributed by atoms with E-state index in [4.69, 9.17) is 10.5 Å². The number of carbonyl (C=O) groups is 1. The lowest BCUT2D eigenvalue weighted by molar-refractivity contribution is -0.131. The third-order valence-corrected chi connectivity index (χ3v) is 3.46. The Hall–Kier alpha value is -1.39. The van der Waals surface area contributed by atoms with Gasteiger partial charge in [-0.3, -0.25) is 4.79 Å². The standard InChI is InChI=1S/C15H22N2O2/c1-11-3-2-4-12(9-11)7-8-17-15(18)14-6-5-13(10-16)19-14/h2-4,9,13-14H,5-8,10,16H2,1H3,(H,17,18). The summed E-state index contributed by atoms with van der Waals surface area (Å²) in [6.45, 7) is 3.21. The Balaban J connectivity index is 1.72. The normalized spacial score (nSPS) is 22.4. The number of rotatable bonds is 5. The van der Waals surface area contributed by atoms with Crippen LogP contribution in [0.5, 0.6) is 0 Å². The van der Waals surface area contributed by atoms with E-state index < -0.39 is 0 Å². The molecule has 2 unspecified atom stereocenters. The highest BCUT2D eigenvalue weighted by molar-refractivity contribution is 5.81. The second-order valence-corrected chi connectivity index (χ2v) is 5.09. The predicted molar refractivity (Wildman–Crippen MR) is 74.8 cm³/mol. The van der Waals surface area contributed by atoms with Crippen molar-refractivity contribution in [2.24, 2.45) is 5.73 Å². The quantitative estimate of drug-likeness (QED) is 0.837. The predicted octanol–water partition coefficient (Wildman–Crippen LogP) is 1.16. The van der Waals surface area contributed by atoms with Gasteiger partial charge in [0.2, 0.25) is 5.91 Å². The Kier molecular flexibility index (Phi) is 4.93. The molecule has 1 fully saturated rings. The Morgan fingerprint density at radius 2 is 2.32 bits per heavy atom. The van der Waals surface area contributed by atoms with Gasteiger partial charge in [0.25, 0.3) is 0 Å². The van der Waals surface area contributed by atoms with Crippen molar-refractivity contribution in [3.63, 3.8) is 0 Å². The molecule has 104 valence electrons. The van der Waals surface area contributed by atoms with Crippen LogP contribution in [-0.2, 0) is 16.0 Å². The van der Waals surface area contributed by atoms with Crippen LogP contribution in [0.1, 0.15) is 24.0 Å². The van der Waals surface area contributed by atoms with Gasteiger partial charge in [0, 0.05) is 13.1 Å². The molecule has 1 amide bonds. The van der Waals surface area contributed by atoms with Gasteiger partial charge in [0.1, 0.15) is 6.10 Å². The first-order valence-corrected chi connectivity index (χ1v) is 6.88. The number of carbonyl (C=O) groups excluding carboxylic acids is 1. The van der Waals surface area contributed by atoms with Crippen LogP contribution in [0.15, 0.2) is 24.3 Å². The average Bonchev–Trinajstić information content (AvgIpc) is 2.87. The van der Waals surface area contributed by atoms with Crippen molar-refractivity contribution in [2.45, 2.75) is 38.4 Å². The lowest BCUT2D eigenvalue weighted by Crippen LogP contribution is -2.36. The minimum atomic E-state index is -0.314. The molecule has 1 aliphatic heterocycles. The molecule has 4 nitrogen and oxygen atoms in total. The maximum absolute atomic E-state index is 11.9. The van der Waals surface area contributed by atoms with Crippen molar-refractivity contribution >= 4 is 5.91 Å². The van der Waals surface area contributed by atoms with Crippen molar-refractivity contribution < 1.29 is 9.53 Å². The highest BCUT2D eigenvalue weighted by Crippen LogP contribution is 2.18. The molecule has 0 radical (unpaired) electrons. The van der Waals surface area contributed by atoms with E-state index in [9.17, 15) is 4.79 Å². The van der Waals surface area contributed by atoms with E-state index in [0.29, 0.717) is 13.1 Å². The number of aryl methyl sites for hydroxylation is 1. The van der Waals surface area contributed by atoms with Crippen LogP contribution < -0.4 is 11.1 Å². The highest BCUT2D eigenvalue weighted by atomic mass is 16.5. The molecule has 0 aromatic heterocycles. The average molecular weight is 262 g/mol. The molecule has 1 heterocycles. The van der Waals surface area contributed by atoms with Gasteiger partial charge in [0.15, 0.2) is 0 Å². The van der Waals surface area contributed by atoms with Gasteiger partial charge in [-0.2, -0.15) is 0 Å². The van der Waals surface area contributed by atoms with Gasteiger partial charge in [0.05, 0.1) is 6.10 Å². The highest BCUT2D eigenvalue weighted by Gasteiger charge is 2.29. The van der Waals surface area contributed by atoms with Gasteiger partial charge in [-0.25, -0.2) is 0 Å². The van der Waals surface area contributed by atoms with Crippen molar-refractivity contribution in [2.75, 3.05) is 13.1 Å². The van der Waals surface area contributed by atoms with Crippen LogP contribution >= 0.6 is 0 Å². The number of benzene rings is 1. The zero-order chi connectivity index (χ0) is 13.7. The minimum Gasteiger partial charge on any atom is -0.364 e. The lowest BCUT2D eigenvalue weighted by Gasteiger charge is -2.12. The summed E-state index contributed by atoms with van der Waals surface area (Å²) >= 11 is 0. The largest absolute Gasteiger partial charge is 0.364 e. The topological polar surface area (TPSA) is 64.4 Å². The smallest absolute Gasteiger partial charge is 0.249 e. The fourth-order valence-corrected chi connectivity index (χ4v) is 2.38. The third kappa shape index (κ3) is 4.04. The van der Waals surface area contributed by atoms with Crippen molar-refractivity contribution in [1.82, 2.24) is 5.32 Å². The molecule has 1 aromatic rings. The Morgan fingerprint density at radius 3 is 3.00 bits per heavy atom. The van der Waals surface area contributed by atoms with Crippen molar-refractivity contribution in [3.8, 4) is 0 Å². The Labute approximate surface area is 114 Å². The molecular weight excluding hydrogens is 240 g/mol. The molecule has 4 heteroatoms. The molecule has 0 spiro atoms. The van der Waals surface area contributed by atoms with Gasteiger partial charge in [-0.15, -0.1) is 0 Å². The van der Waals surface area contributed by atoms with Crippen LogP contribution in [0.3, 0.4) is 0 Å². The van der Waals surface area contributed by atoms with E-state index in [1.54, 1.807) is 0 Å². The molecule has 1 aliphatic rings. The number of nitrogens with one attached hydrogen (secondary N) is 1. The maximum atomic E-state index is 11.9. The van der Waals surface area contributed by atoms with E-state index >= 15 is 0 Å². The summed E-state index contributed by atoms with van der Waals surface area (Å²) < 4.78 is 5.56. The van der Waals surface area contributed by atoms with Crippen LogP contribution in [0.2, 0.25) is 0 Å². The summed E-state index contributed by atoms with van der Waals surface area (Å²) in [6.07, 6.45) is 2.24. The first-order chi connectivity index (χ1) is 9.19. The second kappa shape index (κ2) is 6.68. The van der Waals surface area contributed by atoms with E-state index in [0.717, 1.165) is 19.3 Å². The lowest BCUT2D eigenvalue weighted by atomic mass is 10.1. The molecule has 0 bridgehead atoms. The molecule has 2 rings (SSSR count). The number of ether oxygens (including phenoxy) is 1. The Morgan fingerprint density at radius 1 is 1.47 bits per heavy atom. The molecule has 0 aliphatic carbocycles. The van der Waals surface area contributed by atoms with Crippen LogP contribution in [0.4, 0.5) is 0 Å². The molecule has 1 aromatic carbocycles. The summed E-state index contributed by atoms with van der Waals surface area (Å²) in [5, 5.41) is 2.93. The first-order valence-electron chi connectivity index (χ1n) is 6.88. The maximum Gasteiger partial charge on any atom is 0.249 e. The fourth-order valence-electron chi connectivity index (χ4n) is 2.38. The fraction of sp³-hybridized carbons (Fsp3) is 0.533. The molecular formula is C15H22N2O2. The first kappa shape index (κ1) is 14.0. The SMILES string of the molecule is Cc1cccc(CCNC(=O)C2CCC(CN)O2)c1. The summed E-state index contributed by atoms with van der Waals surface area (Å²) in [5.41, 5.74) is 8.02.